The van der Waals surface area contributed by atoms with Crippen LogP contribution in [0.15, 0.2) is 91.0 Å². The third-order valence-corrected chi connectivity index (χ3v) is 4.45. The molecule has 0 unspecified atom stereocenters. The average molecular weight is 332 g/mol. The molecule has 3 heteroatoms. The normalized spacial score (nSPS) is 13.4. The molecule has 126 valence electrons. The molecule has 0 bridgehead atoms. The quantitative estimate of drug-likeness (QED) is 0.716. The highest BCUT2D eigenvalue weighted by atomic mass is 16.4. The predicted octanol–water partition coefficient (Wildman–Crippen LogP) is 4.05. The fourth-order valence-corrected chi connectivity index (χ4v) is 3.31. The number of aliphatic hydroxyl groups excluding tert-OH is 1. The molecule has 0 aliphatic carbocycles. The molecule has 0 radical (unpaired) electrons. The third-order valence-electron chi connectivity index (χ3n) is 4.45. The number of carboxylic acid groups (broad SMARTS) is 1. The van der Waals surface area contributed by atoms with Crippen LogP contribution in [0, 0.1) is 0 Å². The lowest BCUT2D eigenvalue weighted by Gasteiger charge is -2.30. The van der Waals surface area contributed by atoms with Gasteiger partial charge in [-0.2, -0.15) is 0 Å². The van der Waals surface area contributed by atoms with Crippen molar-refractivity contribution in [2.75, 3.05) is 0 Å². The van der Waals surface area contributed by atoms with Gasteiger partial charge in [0.1, 0.15) is 0 Å². The Balaban J connectivity index is 2.18. The zero-order valence-electron chi connectivity index (χ0n) is 13.7. The first-order valence-corrected chi connectivity index (χ1v) is 8.24. The Hall–Kier alpha value is -2.91. The summed E-state index contributed by atoms with van der Waals surface area (Å²) >= 11 is 0. The van der Waals surface area contributed by atoms with Gasteiger partial charge >= 0.3 is 5.97 Å². The summed E-state index contributed by atoms with van der Waals surface area (Å²) in [5.41, 5.74) is 2.75. The van der Waals surface area contributed by atoms with Gasteiger partial charge in [-0.05, 0) is 16.7 Å². The van der Waals surface area contributed by atoms with Gasteiger partial charge in [-0.3, -0.25) is 0 Å². The van der Waals surface area contributed by atoms with Gasteiger partial charge in [0.2, 0.25) is 0 Å². The second kappa shape index (κ2) is 7.77. The van der Waals surface area contributed by atoms with Gasteiger partial charge in [-0.1, -0.05) is 91.0 Å². The van der Waals surface area contributed by atoms with Crippen LogP contribution in [0.4, 0.5) is 0 Å². The molecule has 0 fully saturated rings. The van der Waals surface area contributed by atoms with Crippen LogP contribution < -0.4 is 0 Å². The molecule has 3 nitrogen and oxygen atoms in total. The monoisotopic (exact) mass is 332 g/mol. The number of hydrogen-bond acceptors (Lipinski definition) is 2. The van der Waals surface area contributed by atoms with Gasteiger partial charge in [0.25, 0.3) is 0 Å². The molecule has 0 aliphatic rings. The average Bonchev–Trinajstić information content (AvgIpc) is 2.67. The summed E-state index contributed by atoms with van der Waals surface area (Å²) in [7, 11) is 0. The van der Waals surface area contributed by atoms with Gasteiger partial charge in [-0.25, -0.2) is 4.79 Å². The van der Waals surface area contributed by atoms with Crippen LogP contribution in [0.2, 0.25) is 0 Å². The molecule has 2 N–H and O–H groups in total. The van der Waals surface area contributed by atoms with Crippen molar-refractivity contribution in [3.63, 3.8) is 0 Å². The van der Waals surface area contributed by atoms with Crippen LogP contribution in [-0.2, 0) is 4.79 Å². The second-order valence-corrected chi connectivity index (χ2v) is 6.02. The molecule has 2 atom stereocenters. The van der Waals surface area contributed by atoms with Crippen molar-refractivity contribution in [3.05, 3.63) is 108 Å². The summed E-state index contributed by atoms with van der Waals surface area (Å²) in [6, 6.07) is 28.8. The van der Waals surface area contributed by atoms with Crippen molar-refractivity contribution >= 4 is 5.97 Å². The fourth-order valence-electron chi connectivity index (χ4n) is 3.31. The number of carboxylic acids is 1. The number of carbonyl (C=O) groups is 1. The highest BCUT2D eigenvalue weighted by Gasteiger charge is 2.35. The Kier molecular flexibility index (Phi) is 5.26. The molecular weight excluding hydrogens is 312 g/mol. The third kappa shape index (κ3) is 3.78. The molecule has 0 spiro atoms. The molecule has 0 saturated heterocycles. The van der Waals surface area contributed by atoms with Gasteiger partial charge in [-0.15, -0.1) is 0 Å². The molecular formula is C22H20O3. The molecule has 0 saturated carbocycles. The number of aliphatic carboxylic acids is 1. The van der Waals surface area contributed by atoms with Crippen LogP contribution in [0.25, 0.3) is 0 Å². The smallest absolute Gasteiger partial charge is 0.333 e. The number of aliphatic hydroxyl groups is 1. The Bertz CT molecular complexity index is 761. The van der Waals surface area contributed by atoms with E-state index in [0.717, 1.165) is 16.7 Å². The van der Waals surface area contributed by atoms with Crippen LogP contribution in [-0.4, -0.2) is 22.3 Å². The van der Waals surface area contributed by atoms with Crippen molar-refractivity contribution in [2.45, 2.75) is 17.9 Å². The van der Waals surface area contributed by atoms with Crippen LogP contribution in [0.5, 0.6) is 0 Å². The van der Waals surface area contributed by atoms with E-state index in [1.54, 1.807) is 0 Å². The first-order chi connectivity index (χ1) is 12.2. The van der Waals surface area contributed by atoms with E-state index in [2.05, 4.69) is 0 Å². The van der Waals surface area contributed by atoms with Crippen LogP contribution >= 0.6 is 0 Å². The van der Waals surface area contributed by atoms with E-state index in [9.17, 15) is 15.0 Å². The molecule has 3 rings (SSSR count). The van der Waals surface area contributed by atoms with Crippen molar-refractivity contribution < 1.29 is 15.0 Å². The Morgan fingerprint density at radius 1 is 0.640 bits per heavy atom. The lowest BCUT2D eigenvalue weighted by Crippen LogP contribution is -2.32. The molecule has 0 aromatic heterocycles. The Morgan fingerprint density at radius 3 is 1.36 bits per heavy atom. The number of hydrogen-bond donors (Lipinski definition) is 2. The second-order valence-electron chi connectivity index (χ2n) is 6.02. The minimum absolute atomic E-state index is 0.268. The van der Waals surface area contributed by atoms with E-state index in [0.29, 0.717) is 0 Å². The first-order valence-electron chi connectivity index (χ1n) is 8.24. The summed E-state index contributed by atoms with van der Waals surface area (Å²) in [4.78, 5) is 11.6. The maximum Gasteiger partial charge on any atom is 0.333 e. The summed E-state index contributed by atoms with van der Waals surface area (Å²) in [6.45, 7) is 0. The predicted molar refractivity (Wildman–Crippen MR) is 97.6 cm³/mol. The highest BCUT2D eigenvalue weighted by Crippen LogP contribution is 2.40. The molecule has 3 aromatic rings. The minimum Gasteiger partial charge on any atom is -0.479 e. The lowest BCUT2D eigenvalue weighted by atomic mass is 9.74. The van der Waals surface area contributed by atoms with E-state index in [4.69, 9.17) is 0 Å². The highest BCUT2D eigenvalue weighted by molar-refractivity contribution is 5.74. The van der Waals surface area contributed by atoms with Gasteiger partial charge in [0, 0.05) is 11.8 Å². The van der Waals surface area contributed by atoms with E-state index in [-0.39, 0.29) is 5.92 Å². The summed E-state index contributed by atoms with van der Waals surface area (Å²) < 4.78 is 0. The summed E-state index contributed by atoms with van der Waals surface area (Å²) in [5.74, 6) is -2.08. The van der Waals surface area contributed by atoms with E-state index < -0.39 is 18.0 Å². The molecule has 0 aliphatic heterocycles. The summed E-state index contributed by atoms with van der Waals surface area (Å²) in [6.07, 6.45) is -1.51. The standard InChI is InChI=1S/C22H20O3/c23-21(22(24)25)20(18-14-8-3-9-15-18)19(16-10-4-1-5-11-16)17-12-6-2-7-13-17/h1-15,19-21,23H,(H,24,25)/t20-,21+/m0/s1. The summed E-state index contributed by atoms with van der Waals surface area (Å²) in [5, 5.41) is 20.0. The molecule has 0 heterocycles. The largest absolute Gasteiger partial charge is 0.479 e. The molecule has 3 aromatic carbocycles. The first kappa shape index (κ1) is 16.9. The van der Waals surface area contributed by atoms with Crippen molar-refractivity contribution in [1.82, 2.24) is 0 Å². The fraction of sp³-hybridized carbons (Fsp3) is 0.136. The number of rotatable bonds is 6. The van der Waals surface area contributed by atoms with Crippen molar-refractivity contribution in [3.8, 4) is 0 Å². The van der Waals surface area contributed by atoms with E-state index >= 15 is 0 Å². The van der Waals surface area contributed by atoms with Crippen LogP contribution in [0.3, 0.4) is 0 Å². The maximum atomic E-state index is 11.6. The van der Waals surface area contributed by atoms with Crippen LogP contribution in [0.1, 0.15) is 28.5 Å². The topological polar surface area (TPSA) is 57.5 Å². The Labute approximate surface area is 147 Å². The maximum absolute atomic E-state index is 11.6. The Morgan fingerprint density at radius 2 is 1.00 bits per heavy atom. The van der Waals surface area contributed by atoms with Crippen molar-refractivity contribution in [2.24, 2.45) is 0 Å². The SMILES string of the molecule is O=C(O)[C@H](O)[C@@H](c1ccccc1)C(c1ccccc1)c1ccccc1. The molecule has 25 heavy (non-hydrogen) atoms. The number of benzene rings is 3. The zero-order valence-corrected chi connectivity index (χ0v) is 13.7. The zero-order chi connectivity index (χ0) is 17.6. The van der Waals surface area contributed by atoms with E-state index in [1.165, 1.54) is 0 Å². The van der Waals surface area contributed by atoms with Crippen molar-refractivity contribution in [1.29, 1.82) is 0 Å². The minimum atomic E-state index is -1.51. The van der Waals surface area contributed by atoms with Gasteiger partial charge in [0.15, 0.2) is 6.10 Å². The van der Waals surface area contributed by atoms with Gasteiger partial charge < -0.3 is 10.2 Å². The molecule has 0 amide bonds. The lowest BCUT2D eigenvalue weighted by molar-refractivity contribution is -0.148. The van der Waals surface area contributed by atoms with Gasteiger partial charge in [0.05, 0.1) is 0 Å². The van der Waals surface area contributed by atoms with E-state index in [1.807, 2.05) is 91.0 Å².